The van der Waals surface area contributed by atoms with Crippen LogP contribution in [0.1, 0.15) is 24.1 Å². The number of aromatic amines is 1. The predicted molar refractivity (Wildman–Crippen MR) is 66.3 cm³/mol. The topological polar surface area (TPSA) is 106 Å². The number of aromatic nitrogens is 2. The Bertz CT molecular complexity index is 659. The quantitative estimate of drug-likeness (QED) is 0.716. The Balaban J connectivity index is 1.99. The largest absolute Gasteiger partial charge is 0.420 e. The number of nitrogens with one attached hydrogen (secondary N) is 1. The molecule has 1 spiro atoms. The molecule has 0 amide bonds. The molecular formula is C13H14N4O3. The summed E-state index contributed by atoms with van der Waals surface area (Å²) < 4.78 is 17.1. The summed E-state index contributed by atoms with van der Waals surface area (Å²) >= 11 is 0. The van der Waals surface area contributed by atoms with Gasteiger partial charge in [-0.1, -0.05) is 0 Å². The zero-order valence-corrected chi connectivity index (χ0v) is 11.0. The molecule has 2 bridgehead atoms. The lowest BCUT2D eigenvalue weighted by molar-refractivity contribution is -0.126. The summed E-state index contributed by atoms with van der Waals surface area (Å²) in [7, 11) is 0. The number of H-pyrrole nitrogens is 1. The van der Waals surface area contributed by atoms with Crippen molar-refractivity contribution in [2.75, 3.05) is 6.61 Å². The molecule has 1 aromatic rings. The molecular weight excluding hydrogens is 260 g/mol. The van der Waals surface area contributed by atoms with Crippen molar-refractivity contribution in [2.24, 2.45) is 5.73 Å². The van der Waals surface area contributed by atoms with Crippen molar-refractivity contribution in [3.63, 3.8) is 0 Å². The average molecular weight is 274 g/mol. The summed E-state index contributed by atoms with van der Waals surface area (Å²) in [6.07, 6.45) is 1.15. The number of nitrogens with zero attached hydrogens (tertiary/aromatic N) is 2. The van der Waals surface area contributed by atoms with Gasteiger partial charge >= 0.3 is 0 Å². The van der Waals surface area contributed by atoms with E-state index >= 15 is 0 Å². The van der Waals surface area contributed by atoms with Gasteiger partial charge in [-0.3, -0.25) is 5.10 Å². The summed E-state index contributed by atoms with van der Waals surface area (Å²) in [6.45, 7) is 2.45. The highest BCUT2D eigenvalue weighted by molar-refractivity contribution is 5.55. The van der Waals surface area contributed by atoms with Gasteiger partial charge in [0.05, 0.1) is 23.7 Å². The Labute approximate surface area is 115 Å². The van der Waals surface area contributed by atoms with Gasteiger partial charge in [-0.05, 0) is 19.8 Å². The SMILES string of the molecule is Cc1[nH]nc2c1C1(CC[C@H]3CO[C@H]1O3)C(C#N)=C(N)O2. The maximum absolute atomic E-state index is 9.55. The first-order chi connectivity index (χ1) is 9.66. The number of hydrogen-bond donors (Lipinski definition) is 2. The van der Waals surface area contributed by atoms with Crippen LogP contribution >= 0.6 is 0 Å². The fourth-order valence-corrected chi connectivity index (χ4v) is 3.51. The Kier molecular flexibility index (Phi) is 2.20. The van der Waals surface area contributed by atoms with Crippen molar-refractivity contribution in [3.8, 4) is 11.9 Å². The van der Waals surface area contributed by atoms with Gasteiger partial charge in [0.15, 0.2) is 6.29 Å². The summed E-state index contributed by atoms with van der Waals surface area (Å²) in [5.74, 6) is 0.501. The van der Waals surface area contributed by atoms with Crippen LogP contribution in [0, 0.1) is 18.3 Å². The van der Waals surface area contributed by atoms with E-state index in [1.807, 2.05) is 6.92 Å². The van der Waals surface area contributed by atoms with Crippen LogP contribution in [0.4, 0.5) is 0 Å². The van der Waals surface area contributed by atoms with Crippen molar-refractivity contribution in [3.05, 3.63) is 22.7 Å². The number of nitriles is 1. The van der Waals surface area contributed by atoms with Crippen LogP contribution in [0.2, 0.25) is 0 Å². The van der Waals surface area contributed by atoms with Gasteiger partial charge in [0.2, 0.25) is 11.8 Å². The molecule has 3 aliphatic heterocycles. The summed E-state index contributed by atoms with van der Waals surface area (Å²) in [5.41, 5.74) is 7.26. The van der Waals surface area contributed by atoms with E-state index in [1.54, 1.807) is 0 Å². The summed E-state index contributed by atoms with van der Waals surface area (Å²) in [5, 5.41) is 16.6. The van der Waals surface area contributed by atoms with E-state index in [2.05, 4.69) is 16.3 Å². The number of aryl methyl sites for hydroxylation is 1. The Morgan fingerprint density at radius 1 is 1.55 bits per heavy atom. The second-order valence-electron chi connectivity index (χ2n) is 5.42. The molecule has 7 nitrogen and oxygen atoms in total. The first-order valence-electron chi connectivity index (χ1n) is 6.57. The van der Waals surface area contributed by atoms with Crippen LogP contribution in [0.25, 0.3) is 0 Å². The van der Waals surface area contributed by atoms with E-state index in [4.69, 9.17) is 19.9 Å². The summed E-state index contributed by atoms with van der Waals surface area (Å²) in [4.78, 5) is 0. The van der Waals surface area contributed by atoms with Crippen molar-refractivity contribution < 1.29 is 14.2 Å². The maximum Gasteiger partial charge on any atom is 0.244 e. The van der Waals surface area contributed by atoms with Gasteiger partial charge in [-0.25, -0.2) is 0 Å². The molecule has 0 aromatic carbocycles. The monoisotopic (exact) mass is 274 g/mol. The predicted octanol–water partition coefficient (Wildman–Crippen LogP) is 0.578. The first kappa shape index (κ1) is 11.8. The van der Waals surface area contributed by atoms with Gasteiger partial charge in [0.25, 0.3) is 0 Å². The van der Waals surface area contributed by atoms with E-state index in [0.717, 1.165) is 24.1 Å². The standard InChI is InChI=1S/C13H14N4O3/c1-6-9-11(17-16-6)20-10(15)8(4-14)13(9)3-2-7-5-18-12(13)19-7/h7,12H,2-3,5,15H2,1H3,(H,16,17)/t7-,12-,13?/m0/s1. The molecule has 3 N–H and O–H groups in total. The lowest BCUT2D eigenvalue weighted by Crippen LogP contribution is -2.48. The van der Waals surface area contributed by atoms with E-state index < -0.39 is 11.7 Å². The van der Waals surface area contributed by atoms with Crippen LogP contribution in [-0.2, 0) is 14.9 Å². The molecule has 4 heterocycles. The Morgan fingerprint density at radius 2 is 2.40 bits per heavy atom. The van der Waals surface area contributed by atoms with Crippen LogP contribution in [-0.4, -0.2) is 29.2 Å². The Morgan fingerprint density at radius 3 is 3.20 bits per heavy atom. The number of fused-ring (bicyclic) bond motifs is 5. The van der Waals surface area contributed by atoms with E-state index in [-0.39, 0.29) is 12.0 Å². The average Bonchev–Trinajstić information content (AvgIpc) is 3.00. The van der Waals surface area contributed by atoms with Crippen molar-refractivity contribution in [1.82, 2.24) is 10.2 Å². The molecule has 2 fully saturated rings. The minimum absolute atomic E-state index is 0.0871. The maximum atomic E-state index is 9.55. The minimum Gasteiger partial charge on any atom is -0.420 e. The molecule has 4 rings (SSSR count). The number of rotatable bonds is 0. The van der Waals surface area contributed by atoms with Gasteiger partial charge in [-0.15, -0.1) is 5.10 Å². The third-order valence-electron chi connectivity index (χ3n) is 4.38. The van der Waals surface area contributed by atoms with Gasteiger partial charge in [0.1, 0.15) is 11.6 Å². The molecule has 104 valence electrons. The van der Waals surface area contributed by atoms with Gasteiger partial charge in [0, 0.05) is 5.69 Å². The lowest BCUT2D eigenvalue weighted by Gasteiger charge is -2.42. The highest BCUT2D eigenvalue weighted by atomic mass is 16.7. The normalized spacial score (nSPS) is 34.8. The van der Waals surface area contributed by atoms with E-state index in [9.17, 15) is 5.26 Å². The number of ether oxygens (including phenoxy) is 3. The molecule has 3 aliphatic rings. The zero-order valence-electron chi connectivity index (χ0n) is 11.0. The fourth-order valence-electron chi connectivity index (χ4n) is 3.51. The van der Waals surface area contributed by atoms with Crippen LogP contribution in [0.5, 0.6) is 5.88 Å². The number of nitrogens with two attached hydrogens (primary N) is 1. The molecule has 0 aliphatic carbocycles. The molecule has 0 saturated carbocycles. The zero-order chi connectivity index (χ0) is 13.9. The summed E-state index contributed by atoms with van der Waals surface area (Å²) in [6, 6.07) is 2.18. The molecule has 1 aromatic heterocycles. The van der Waals surface area contributed by atoms with Crippen molar-refractivity contribution >= 4 is 0 Å². The van der Waals surface area contributed by atoms with Gasteiger partial charge in [-0.2, -0.15) is 5.26 Å². The van der Waals surface area contributed by atoms with Crippen LogP contribution in [0.3, 0.4) is 0 Å². The molecule has 2 saturated heterocycles. The smallest absolute Gasteiger partial charge is 0.244 e. The highest BCUT2D eigenvalue weighted by Gasteiger charge is 2.58. The second kappa shape index (κ2) is 3.75. The molecule has 20 heavy (non-hydrogen) atoms. The third kappa shape index (κ3) is 1.23. The van der Waals surface area contributed by atoms with E-state index in [0.29, 0.717) is 18.1 Å². The fraction of sp³-hybridized carbons (Fsp3) is 0.538. The molecule has 0 radical (unpaired) electrons. The van der Waals surface area contributed by atoms with Crippen molar-refractivity contribution in [2.45, 2.75) is 37.6 Å². The second-order valence-corrected chi connectivity index (χ2v) is 5.42. The van der Waals surface area contributed by atoms with Crippen LogP contribution in [0.15, 0.2) is 11.5 Å². The van der Waals surface area contributed by atoms with Gasteiger partial charge < -0.3 is 19.9 Å². The molecule has 1 unspecified atom stereocenters. The van der Waals surface area contributed by atoms with Crippen molar-refractivity contribution in [1.29, 1.82) is 5.26 Å². The minimum atomic E-state index is -0.712. The van der Waals surface area contributed by atoms with Crippen LogP contribution < -0.4 is 10.5 Å². The molecule has 3 atom stereocenters. The Hall–Kier alpha value is -2.04. The first-order valence-corrected chi connectivity index (χ1v) is 6.57. The third-order valence-corrected chi connectivity index (χ3v) is 4.38. The van der Waals surface area contributed by atoms with E-state index in [1.165, 1.54) is 0 Å². The number of hydrogen-bond acceptors (Lipinski definition) is 6. The highest BCUT2D eigenvalue weighted by Crippen LogP contribution is 2.53. The molecule has 7 heteroatoms. The lowest BCUT2D eigenvalue weighted by atomic mass is 9.68.